The van der Waals surface area contributed by atoms with E-state index in [4.69, 9.17) is 4.74 Å². The Morgan fingerprint density at radius 3 is 2.47 bits per heavy atom. The highest BCUT2D eigenvalue weighted by Crippen LogP contribution is 2.43. The van der Waals surface area contributed by atoms with Crippen LogP contribution in [-0.4, -0.2) is 69.3 Å². The van der Waals surface area contributed by atoms with Crippen LogP contribution < -0.4 is 10.6 Å². The summed E-state index contributed by atoms with van der Waals surface area (Å²) in [5, 5.41) is 5.96. The van der Waals surface area contributed by atoms with E-state index in [2.05, 4.69) is 20.6 Å². The van der Waals surface area contributed by atoms with E-state index in [1.807, 2.05) is 20.8 Å². The van der Waals surface area contributed by atoms with Crippen molar-refractivity contribution >= 4 is 23.7 Å². The minimum atomic E-state index is -1.15. The van der Waals surface area contributed by atoms with Crippen LogP contribution in [0.2, 0.25) is 0 Å². The van der Waals surface area contributed by atoms with Crippen LogP contribution in [0, 0.1) is 17.3 Å². The maximum absolute atomic E-state index is 14.1. The van der Waals surface area contributed by atoms with Crippen molar-refractivity contribution in [3.63, 3.8) is 0 Å². The molecule has 1 saturated heterocycles. The second kappa shape index (κ2) is 11.4. The fourth-order valence-electron chi connectivity index (χ4n) is 6.41. The maximum Gasteiger partial charge on any atom is 0.329 e. The highest BCUT2D eigenvalue weighted by Gasteiger charge is 2.53. The number of carbonyl (C=O) groups excluding carboxylic acids is 4. The summed E-state index contributed by atoms with van der Waals surface area (Å²) in [6.07, 6.45) is 10.7. The van der Waals surface area contributed by atoms with Gasteiger partial charge in [-0.3, -0.25) is 19.4 Å². The number of hydrogen-bond donors (Lipinski definition) is 2. The van der Waals surface area contributed by atoms with E-state index in [0.29, 0.717) is 19.4 Å². The van der Waals surface area contributed by atoms with Crippen LogP contribution in [0.25, 0.3) is 0 Å². The normalized spacial score (nSPS) is 25.3. The Balaban J connectivity index is 1.58. The van der Waals surface area contributed by atoms with Crippen molar-refractivity contribution in [2.75, 3.05) is 13.2 Å². The number of fused-ring (bicyclic) bond motifs is 1. The first-order valence-electron chi connectivity index (χ1n) is 13.9. The van der Waals surface area contributed by atoms with Crippen molar-refractivity contribution in [1.29, 1.82) is 0 Å². The van der Waals surface area contributed by atoms with Gasteiger partial charge in [-0.1, -0.05) is 46.5 Å². The Kier molecular flexibility index (Phi) is 8.37. The number of rotatable bonds is 7. The van der Waals surface area contributed by atoms with E-state index < -0.39 is 28.9 Å². The first-order valence-corrected chi connectivity index (χ1v) is 13.9. The SMILES string of the molecule is CCOC(=O)[C@@H]1[C@H]2CCC[C@H]2CN1C(=O)[C@@H](NC(=O)C1(NC(=O)c2cnccn2)CCCCC1)C(C)(C)C. The average Bonchev–Trinajstić information content (AvgIpc) is 3.49. The second-order valence-corrected chi connectivity index (χ2v) is 12.0. The lowest BCUT2D eigenvalue weighted by molar-refractivity contribution is -0.156. The highest BCUT2D eigenvalue weighted by molar-refractivity contribution is 5.99. The van der Waals surface area contributed by atoms with Crippen LogP contribution in [0.5, 0.6) is 0 Å². The zero-order valence-corrected chi connectivity index (χ0v) is 23.0. The average molecular weight is 528 g/mol. The summed E-state index contributed by atoms with van der Waals surface area (Å²) >= 11 is 0. The predicted octanol–water partition coefficient (Wildman–Crippen LogP) is 2.63. The number of nitrogens with one attached hydrogen (secondary N) is 2. The summed E-state index contributed by atoms with van der Waals surface area (Å²) in [6.45, 7) is 8.21. The van der Waals surface area contributed by atoms with E-state index in [-0.39, 0.29) is 41.9 Å². The van der Waals surface area contributed by atoms with Crippen molar-refractivity contribution < 1.29 is 23.9 Å². The molecule has 208 valence electrons. The Labute approximate surface area is 224 Å². The number of esters is 1. The summed E-state index contributed by atoms with van der Waals surface area (Å²) in [7, 11) is 0. The monoisotopic (exact) mass is 527 g/mol. The highest BCUT2D eigenvalue weighted by atomic mass is 16.5. The number of amides is 3. The Bertz CT molecular complexity index is 1030. The Morgan fingerprint density at radius 2 is 1.84 bits per heavy atom. The number of ether oxygens (including phenoxy) is 1. The summed E-state index contributed by atoms with van der Waals surface area (Å²) < 4.78 is 5.38. The van der Waals surface area contributed by atoms with Gasteiger partial charge in [-0.25, -0.2) is 9.78 Å². The molecule has 4 atom stereocenters. The van der Waals surface area contributed by atoms with E-state index in [9.17, 15) is 19.2 Å². The minimum absolute atomic E-state index is 0.0882. The standard InChI is InChI=1S/C28H41N5O5/c1-5-38-25(36)21-19-11-9-10-18(19)17-33(21)24(35)22(27(2,3)4)31-26(37)28(12-7-6-8-13-28)32-23(34)20-16-29-14-15-30-20/h14-16,18-19,21-22H,5-13,17H2,1-4H3,(H,31,37)(H,32,34)/t18-,19-,21-,22+/m0/s1. The molecule has 2 saturated carbocycles. The molecule has 2 heterocycles. The molecule has 1 aromatic heterocycles. The van der Waals surface area contributed by atoms with Gasteiger partial charge in [-0.05, 0) is 49.9 Å². The fourth-order valence-corrected chi connectivity index (χ4v) is 6.41. The first kappa shape index (κ1) is 28.0. The number of aromatic nitrogens is 2. The minimum Gasteiger partial charge on any atom is -0.464 e. The molecular formula is C28H41N5O5. The van der Waals surface area contributed by atoms with E-state index >= 15 is 0 Å². The third kappa shape index (κ3) is 5.68. The topological polar surface area (TPSA) is 131 Å². The van der Waals surface area contributed by atoms with Crippen LogP contribution in [0.15, 0.2) is 18.6 Å². The number of nitrogens with zero attached hydrogens (tertiary/aromatic N) is 3. The van der Waals surface area contributed by atoms with Gasteiger partial charge in [-0.15, -0.1) is 0 Å². The molecule has 10 heteroatoms. The van der Waals surface area contributed by atoms with E-state index in [0.717, 1.165) is 38.5 Å². The molecule has 10 nitrogen and oxygen atoms in total. The lowest BCUT2D eigenvalue weighted by atomic mass is 9.79. The molecule has 1 aromatic rings. The number of likely N-dealkylation sites (tertiary alicyclic amines) is 1. The van der Waals surface area contributed by atoms with Crippen LogP contribution in [0.4, 0.5) is 0 Å². The first-order chi connectivity index (χ1) is 18.1. The lowest BCUT2D eigenvalue weighted by Gasteiger charge is -2.41. The van der Waals surface area contributed by atoms with Gasteiger partial charge in [0.1, 0.15) is 23.3 Å². The molecule has 3 amide bonds. The quantitative estimate of drug-likeness (QED) is 0.521. The molecular weight excluding hydrogens is 486 g/mol. The zero-order chi connectivity index (χ0) is 27.5. The van der Waals surface area contributed by atoms with Gasteiger partial charge in [0, 0.05) is 18.9 Å². The molecule has 0 aromatic carbocycles. The van der Waals surface area contributed by atoms with Crippen molar-refractivity contribution in [1.82, 2.24) is 25.5 Å². The van der Waals surface area contributed by atoms with Gasteiger partial charge in [0.15, 0.2) is 0 Å². The van der Waals surface area contributed by atoms with Crippen LogP contribution in [0.1, 0.15) is 89.5 Å². The van der Waals surface area contributed by atoms with Crippen molar-refractivity contribution in [3.8, 4) is 0 Å². The fraction of sp³-hybridized carbons (Fsp3) is 0.714. The molecule has 3 fully saturated rings. The molecule has 38 heavy (non-hydrogen) atoms. The largest absolute Gasteiger partial charge is 0.464 e. The maximum atomic E-state index is 14.1. The van der Waals surface area contributed by atoms with Crippen LogP contribution in [0.3, 0.4) is 0 Å². The molecule has 0 unspecified atom stereocenters. The summed E-state index contributed by atoms with van der Waals surface area (Å²) in [6, 6.07) is -1.50. The van der Waals surface area contributed by atoms with Crippen molar-refractivity contribution in [2.24, 2.45) is 17.3 Å². The summed E-state index contributed by atoms with van der Waals surface area (Å²) in [5.74, 6) is -1.14. The van der Waals surface area contributed by atoms with Gasteiger partial charge >= 0.3 is 5.97 Å². The Hall–Kier alpha value is -3.04. The van der Waals surface area contributed by atoms with Crippen LogP contribution in [-0.2, 0) is 19.1 Å². The van der Waals surface area contributed by atoms with Gasteiger partial charge in [0.05, 0.1) is 12.8 Å². The van der Waals surface area contributed by atoms with Crippen molar-refractivity contribution in [3.05, 3.63) is 24.3 Å². The zero-order valence-electron chi connectivity index (χ0n) is 23.0. The summed E-state index contributed by atoms with van der Waals surface area (Å²) in [5.41, 5.74) is -1.65. The molecule has 1 aliphatic heterocycles. The van der Waals surface area contributed by atoms with Gasteiger partial charge in [0.2, 0.25) is 11.8 Å². The predicted molar refractivity (Wildman–Crippen MR) is 140 cm³/mol. The second-order valence-electron chi connectivity index (χ2n) is 12.0. The molecule has 4 rings (SSSR count). The van der Waals surface area contributed by atoms with E-state index in [1.54, 1.807) is 11.8 Å². The third-order valence-corrected chi connectivity index (χ3v) is 8.38. The van der Waals surface area contributed by atoms with Crippen LogP contribution >= 0.6 is 0 Å². The van der Waals surface area contributed by atoms with Gasteiger partial charge < -0.3 is 20.3 Å². The van der Waals surface area contributed by atoms with Gasteiger partial charge in [-0.2, -0.15) is 0 Å². The van der Waals surface area contributed by atoms with E-state index in [1.165, 1.54) is 18.6 Å². The molecule has 0 radical (unpaired) electrons. The number of hydrogen-bond acceptors (Lipinski definition) is 7. The lowest BCUT2D eigenvalue weighted by Crippen LogP contribution is -2.65. The molecule has 0 spiro atoms. The van der Waals surface area contributed by atoms with Gasteiger partial charge in [0.25, 0.3) is 5.91 Å². The molecule has 2 aliphatic carbocycles. The Morgan fingerprint density at radius 1 is 1.11 bits per heavy atom. The molecule has 2 N–H and O–H groups in total. The molecule has 0 bridgehead atoms. The third-order valence-electron chi connectivity index (χ3n) is 8.38. The van der Waals surface area contributed by atoms with Crippen molar-refractivity contribution in [2.45, 2.75) is 96.7 Å². The summed E-state index contributed by atoms with van der Waals surface area (Å²) in [4.78, 5) is 63.7. The number of carbonyl (C=O) groups is 4. The molecule has 3 aliphatic rings. The smallest absolute Gasteiger partial charge is 0.329 e.